The van der Waals surface area contributed by atoms with Gasteiger partial charge in [0, 0.05) is 23.6 Å². The molecule has 1 heterocycles. The van der Waals surface area contributed by atoms with Gasteiger partial charge in [0.1, 0.15) is 12.6 Å². The Balaban J connectivity index is 1.14. The molecule has 2 aromatic carbocycles. The number of hydrogen-bond acceptors (Lipinski definition) is 5. The van der Waals surface area contributed by atoms with E-state index in [0.29, 0.717) is 32.2 Å². The van der Waals surface area contributed by atoms with Gasteiger partial charge in [0.15, 0.2) is 11.8 Å². The molecule has 1 aromatic heterocycles. The molecule has 1 atom stereocenters. The molecule has 0 saturated heterocycles. The van der Waals surface area contributed by atoms with E-state index in [4.69, 9.17) is 4.74 Å². The number of unbranched alkanes of at least 4 members (excludes halogenated alkanes) is 1. The van der Waals surface area contributed by atoms with Crippen LogP contribution in [-0.2, 0) is 28.9 Å². The maximum absolute atomic E-state index is 12.5. The first-order valence-electron chi connectivity index (χ1n) is 12.6. The van der Waals surface area contributed by atoms with E-state index in [1.807, 2.05) is 60.7 Å². The van der Waals surface area contributed by atoms with Crippen LogP contribution in [0.4, 0.5) is 4.79 Å². The van der Waals surface area contributed by atoms with Gasteiger partial charge in [-0.1, -0.05) is 60.7 Å². The van der Waals surface area contributed by atoms with E-state index in [9.17, 15) is 24.9 Å². The standard InChI is InChI=1S/C29H30N2O6/c32-26-22-13-5-6-14-23(22)27(33)31(26)16-8-7-15-25(28(34)35)30-29(36)37-17-24-20-11-3-1-9-18(20)19-10-2-4-12-21(19)24/h1-6,9-12,24-25,32-33H,7-8,13-17H2,(H,30,36)(H,34,35). The monoisotopic (exact) mass is 502 g/mol. The number of carboxylic acids is 1. The third-order valence-corrected chi connectivity index (χ3v) is 7.28. The quantitative estimate of drug-likeness (QED) is 0.248. The smallest absolute Gasteiger partial charge is 0.407 e. The van der Waals surface area contributed by atoms with Crippen molar-refractivity contribution < 1.29 is 29.6 Å². The van der Waals surface area contributed by atoms with Gasteiger partial charge in [-0.3, -0.25) is 4.57 Å². The van der Waals surface area contributed by atoms with Crippen LogP contribution < -0.4 is 5.32 Å². The Morgan fingerprint density at radius 2 is 1.49 bits per heavy atom. The van der Waals surface area contributed by atoms with E-state index in [1.54, 1.807) is 0 Å². The first-order chi connectivity index (χ1) is 18.0. The fraction of sp³-hybridized carbons (Fsp3) is 0.310. The molecule has 0 aliphatic heterocycles. The Bertz CT molecular complexity index is 1280. The first kappa shape index (κ1) is 24.5. The number of carbonyl (C=O) groups excluding carboxylic acids is 1. The highest BCUT2D eigenvalue weighted by atomic mass is 16.5. The molecule has 5 rings (SSSR count). The number of fused-ring (bicyclic) bond motifs is 4. The minimum atomic E-state index is -1.14. The van der Waals surface area contributed by atoms with Gasteiger partial charge in [0.25, 0.3) is 0 Å². The summed E-state index contributed by atoms with van der Waals surface area (Å²) in [6, 6.07) is 14.9. The van der Waals surface area contributed by atoms with Crippen molar-refractivity contribution in [2.75, 3.05) is 6.61 Å². The SMILES string of the molecule is O=C(NC(CCCCn1c(O)c2c(c1O)CC=CC2)C(=O)O)OCC1c2ccccc2-c2ccccc21. The Morgan fingerprint density at radius 1 is 0.919 bits per heavy atom. The lowest BCUT2D eigenvalue weighted by Crippen LogP contribution is -2.41. The van der Waals surface area contributed by atoms with Crippen LogP contribution in [0.2, 0.25) is 0 Å². The largest absolute Gasteiger partial charge is 0.494 e. The van der Waals surface area contributed by atoms with Gasteiger partial charge in [0.2, 0.25) is 0 Å². The molecule has 0 saturated carbocycles. The maximum atomic E-state index is 12.5. The molecule has 3 aromatic rings. The Kier molecular flexibility index (Phi) is 6.90. The van der Waals surface area contributed by atoms with Gasteiger partial charge in [-0.2, -0.15) is 0 Å². The molecule has 0 fully saturated rings. The van der Waals surface area contributed by atoms with Crippen molar-refractivity contribution in [1.29, 1.82) is 0 Å². The highest BCUT2D eigenvalue weighted by Gasteiger charge is 2.30. The van der Waals surface area contributed by atoms with Gasteiger partial charge >= 0.3 is 12.1 Å². The number of nitrogens with one attached hydrogen (secondary N) is 1. The number of aliphatic carboxylic acids is 1. The van der Waals surface area contributed by atoms with Gasteiger partial charge < -0.3 is 25.4 Å². The molecule has 2 aliphatic carbocycles. The predicted molar refractivity (Wildman–Crippen MR) is 138 cm³/mol. The van der Waals surface area contributed by atoms with Crippen molar-refractivity contribution >= 4 is 12.1 Å². The summed E-state index contributed by atoms with van der Waals surface area (Å²) in [5, 5.41) is 33.0. The number of carbonyl (C=O) groups is 2. The average Bonchev–Trinajstić information content (AvgIpc) is 3.36. The lowest BCUT2D eigenvalue weighted by atomic mass is 9.98. The second kappa shape index (κ2) is 10.4. The topological polar surface area (TPSA) is 121 Å². The van der Waals surface area contributed by atoms with Crippen LogP contribution in [0.3, 0.4) is 0 Å². The summed E-state index contributed by atoms with van der Waals surface area (Å²) in [7, 11) is 0. The van der Waals surface area contributed by atoms with Crippen molar-refractivity contribution in [3.05, 3.63) is 82.9 Å². The summed E-state index contributed by atoms with van der Waals surface area (Å²) in [5.74, 6) is -1.13. The molecule has 8 nitrogen and oxygen atoms in total. The van der Waals surface area contributed by atoms with Crippen LogP contribution in [0, 0.1) is 0 Å². The number of amides is 1. The van der Waals surface area contributed by atoms with Crippen molar-refractivity contribution in [3.63, 3.8) is 0 Å². The third-order valence-electron chi connectivity index (χ3n) is 7.28. The summed E-state index contributed by atoms with van der Waals surface area (Å²) < 4.78 is 6.95. The van der Waals surface area contributed by atoms with E-state index < -0.39 is 18.1 Å². The maximum Gasteiger partial charge on any atom is 0.407 e. The van der Waals surface area contributed by atoms with Crippen LogP contribution in [-0.4, -0.2) is 44.6 Å². The number of benzene rings is 2. The number of alkyl carbamates (subject to hydrolysis) is 1. The number of ether oxygens (including phenoxy) is 1. The third kappa shape index (κ3) is 4.79. The van der Waals surface area contributed by atoms with E-state index in [-0.39, 0.29) is 30.7 Å². The van der Waals surface area contributed by atoms with E-state index in [2.05, 4.69) is 5.32 Å². The lowest BCUT2D eigenvalue weighted by Gasteiger charge is -2.17. The minimum Gasteiger partial charge on any atom is -0.494 e. The molecule has 0 radical (unpaired) electrons. The van der Waals surface area contributed by atoms with Crippen molar-refractivity contribution in [3.8, 4) is 22.9 Å². The summed E-state index contributed by atoms with van der Waals surface area (Å²) in [4.78, 5) is 24.3. The second-order valence-corrected chi connectivity index (χ2v) is 9.49. The van der Waals surface area contributed by atoms with Gasteiger partial charge in [-0.05, 0) is 54.4 Å². The van der Waals surface area contributed by atoms with Gasteiger partial charge in [-0.15, -0.1) is 0 Å². The number of allylic oxidation sites excluding steroid dienone is 2. The highest BCUT2D eigenvalue weighted by Crippen LogP contribution is 2.44. The molecule has 37 heavy (non-hydrogen) atoms. The van der Waals surface area contributed by atoms with E-state index >= 15 is 0 Å². The zero-order valence-electron chi connectivity index (χ0n) is 20.4. The number of hydrogen-bond donors (Lipinski definition) is 4. The average molecular weight is 503 g/mol. The van der Waals surface area contributed by atoms with Crippen LogP contribution in [0.15, 0.2) is 60.7 Å². The van der Waals surface area contributed by atoms with Gasteiger partial charge in [-0.25, -0.2) is 9.59 Å². The van der Waals surface area contributed by atoms with Crippen molar-refractivity contribution in [2.24, 2.45) is 0 Å². The van der Waals surface area contributed by atoms with Crippen LogP contribution >= 0.6 is 0 Å². The first-order valence-corrected chi connectivity index (χ1v) is 12.6. The number of carboxylic acid groups (broad SMARTS) is 1. The zero-order chi connectivity index (χ0) is 25.9. The number of nitrogens with zero attached hydrogens (tertiary/aromatic N) is 1. The van der Waals surface area contributed by atoms with Crippen molar-refractivity contribution in [1.82, 2.24) is 9.88 Å². The normalized spacial score (nSPS) is 14.5. The molecule has 0 spiro atoms. The molecule has 2 aliphatic rings. The van der Waals surface area contributed by atoms with Crippen LogP contribution in [0.1, 0.15) is 47.4 Å². The molecule has 1 unspecified atom stereocenters. The summed E-state index contributed by atoms with van der Waals surface area (Å²) in [6.07, 6.45) is 5.49. The Labute approximate surface area is 214 Å². The molecule has 8 heteroatoms. The zero-order valence-corrected chi connectivity index (χ0v) is 20.4. The predicted octanol–water partition coefficient (Wildman–Crippen LogP) is 4.72. The summed E-state index contributed by atoms with van der Waals surface area (Å²) in [5.41, 5.74) is 5.88. The number of aromatic hydroxyl groups is 2. The highest BCUT2D eigenvalue weighted by molar-refractivity contribution is 5.81. The molecule has 1 amide bonds. The fourth-order valence-corrected chi connectivity index (χ4v) is 5.40. The molecule has 0 bridgehead atoms. The molecular formula is C29H30N2O6. The molecular weight excluding hydrogens is 472 g/mol. The summed E-state index contributed by atoms with van der Waals surface area (Å²) >= 11 is 0. The summed E-state index contributed by atoms with van der Waals surface area (Å²) in [6.45, 7) is 0.458. The lowest BCUT2D eigenvalue weighted by molar-refractivity contribution is -0.139. The molecule has 4 N–H and O–H groups in total. The van der Waals surface area contributed by atoms with E-state index in [1.165, 1.54) is 4.57 Å². The number of rotatable bonds is 9. The van der Waals surface area contributed by atoms with Crippen molar-refractivity contribution in [2.45, 2.75) is 50.6 Å². The molecule has 192 valence electrons. The number of aromatic nitrogens is 1. The van der Waals surface area contributed by atoms with E-state index in [0.717, 1.165) is 33.4 Å². The Hall–Kier alpha value is -4.20. The fourth-order valence-electron chi connectivity index (χ4n) is 5.40. The van der Waals surface area contributed by atoms with Crippen LogP contribution in [0.25, 0.3) is 11.1 Å². The van der Waals surface area contributed by atoms with Crippen LogP contribution in [0.5, 0.6) is 11.8 Å². The van der Waals surface area contributed by atoms with Gasteiger partial charge in [0.05, 0.1) is 0 Å². The second-order valence-electron chi connectivity index (χ2n) is 9.49. The minimum absolute atomic E-state index is 0.0587. The Morgan fingerprint density at radius 3 is 2.05 bits per heavy atom.